The van der Waals surface area contributed by atoms with Crippen molar-refractivity contribution in [2.24, 2.45) is 5.92 Å². The monoisotopic (exact) mass is 370 g/mol. The minimum Gasteiger partial charge on any atom is -0.301 e. The van der Waals surface area contributed by atoms with E-state index in [-0.39, 0.29) is 23.0 Å². The van der Waals surface area contributed by atoms with Crippen molar-refractivity contribution in [3.63, 3.8) is 0 Å². The Morgan fingerprint density at radius 2 is 1.96 bits per heavy atom. The maximum Gasteiger partial charge on any atom is 0.251 e. The van der Waals surface area contributed by atoms with E-state index in [0.717, 1.165) is 18.0 Å². The fourth-order valence-electron chi connectivity index (χ4n) is 3.66. The number of aromatic amines is 1. The number of aromatic nitrogens is 2. The van der Waals surface area contributed by atoms with Crippen LogP contribution >= 0.6 is 11.8 Å². The molecule has 26 heavy (non-hydrogen) atoms. The largest absolute Gasteiger partial charge is 0.301 e. The highest BCUT2D eigenvalue weighted by Crippen LogP contribution is 2.32. The summed E-state index contributed by atoms with van der Waals surface area (Å²) in [7, 11) is 0. The molecule has 1 aliphatic carbocycles. The molecule has 2 aromatic rings. The van der Waals surface area contributed by atoms with Crippen molar-refractivity contribution in [2.75, 3.05) is 5.75 Å². The summed E-state index contributed by atoms with van der Waals surface area (Å²) in [6.07, 6.45) is 7.67. The third kappa shape index (κ3) is 5.31. The number of H-pyrrole nitrogens is 1. The molecular formula is C21H26N2O2S. The van der Waals surface area contributed by atoms with E-state index < -0.39 is 0 Å². The molecule has 1 atom stereocenters. The first-order chi connectivity index (χ1) is 12.6. The molecule has 0 aliphatic heterocycles. The normalized spacial score (nSPS) is 16.3. The second kappa shape index (κ2) is 9.17. The van der Waals surface area contributed by atoms with Gasteiger partial charge in [-0.1, -0.05) is 81.1 Å². The van der Waals surface area contributed by atoms with Gasteiger partial charge >= 0.3 is 0 Å². The molecule has 0 bridgehead atoms. The van der Waals surface area contributed by atoms with E-state index in [1.54, 1.807) is 6.07 Å². The van der Waals surface area contributed by atoms with Gasteiger partial charge in [-0.05, 0) is 18.3 Å². The van der Waals surface area contributed by atoms with Crippen molar-refractivity contribution in [3.8, 4) is 0 Å². The molecule has 4 nitrogen and oxygen atoms in total. The van der Waals surface area contributed by atoms with Crippen molar-refractivity contribution < 1.29 is 4.79 Å². The molecule has 1 saturated carbocycles. The molecule has 0 spiro atoms. The number of hydrogen-bond acceptors (Lipinski definition) is 4. The van der Waals surface area contributed by atoms with Crippen LogP contribution in [0.4, 0.5) is 0 Å². The van der Waals surface area contributed by atoms with Gasteiger partial charge < -0.3 is 4.98 Å². The van der Waals surface area contributed by atoms with E-state index in [9.17, 15) is 9.59 Å². The lowest BCUT2D eigenvalue weighted by Gasteiger charge is -2.24. The smallest absolute Gasteiger partial charge is 0.251 e. The summed E-state index contributed by atoms with van der Waals surface area (Å²) in [5.41, 5.74) is 1.39. The minimum atomic E-state index is -0.139. The predicted octanol–water partition coefficient (Wildman–Crippen LogP) is 4.82. The van der Waals surface area contributed by atoms with Gasteiger partial charge in [-0.2, -0.15) is 0 Å². The minimum absolute atomic E-state index is 0.0407. The molecule has 5 heteroatoms. The lowest BCUT2D eigenvalue weighted by atomic mass is 9.82. The van der Waals surface area contributed by atoms with Gasteiger partial charge in [0, 0.05) is 11.6 Å². The van der Waals surface area contributed by atoms with Gasteiger partial charge in [0.25, 0.3) is 5.56 Å². The van der Waals surface area contributed by atoms with Gasteiger partial charge in [0.15, 0.2) is 10.9 Å². The number of hydrogen-bond donors (Lipinski definition) is 1. The Labute approximate surface area is 158 Å². The first kappa shape index (κ1) is 18.9. The summed E-state index contributed by atoms with van der Waals surface area (Å²) in [5, 5.41) is 0.535. The standard InChI is InChI=1S/C21H26N2O2S/c1-15(12-16-8-4-2-5-9-16)18-13-20(25)23-21(22-18)26-14-19(24)17-10-6-3-7-11-17/h3,6-7,10-11,13,15-16H,2,4-5,8-9,12,14H2,1H3,(H,22,23,25). The van der Waals surface area contributed by atoms with Crippen molar-refractivity contribution >= 4 is 17.5 Å². The zero-order chi connectivity index (χ0) is 18.4. The van der Waals surface area contributed by atoms with Crippen LogP contribution < -0.4 is 5.56 Å². The molecule has 1 unspecified atom stereocenters. The molecule has 1 aromatic carbocycles. The highest BCUT2D eigenvalue weighted by Gasteiger charge is 2.19. The van der Waals surface area contributed by atoms with Crippen LogP contribution in [0.25, 0.3) is 0 Å². The highest BCUT2D eigenvalue weighted by atomic mass is 32.2. The fraction of sp³-hybridized carbons (Fsp3) is 0.476. The van der Waals surface area contributed by atoms with Crippen molar-refractivity contribution in [2.45, 2.75) is 56.5 Å². The maximum absolute atomic E-state index is 12.2. The van der Waals surface area contributed by atoms with Crippen LogP contribution in [0.15, 0.2) is 46.3 Å². The molecule has 138 valence electrons. The van der Waals surface area contributed by atoms with E-state index in [4.69, 9.17) is 0 Å². The zero-order valence-electron chi connectivity index (χ0n) is 15.2. The Hall–Kier alpha value is -1.88. The second-order valence-corrected chi connectivity index (χ2v) is 8.16. The summed E-state index contributed by atoms with van der Waals surface area (Å²) in [6.45, 7) is 2.15. The van der Waals surface area contributed by atoms with Crippen LogP contribution in [-0.4, -0.2) is 21.5 Å². The van der Waals surface area contributed by atoms with E-state index in [0.29, 0.717) is 10.7 Å². The average Bonchev–Trinajstić information content (AvgIpc) is 2.67. The third-order valence-corrected chi connectivity index (χ3v) is 5.97. The van der Waals surface area contributed by atoms with E-state index in [2.05, 4.69) is 16.9 Å². The lowest BCUT2D eigenvalue weighted by Crippen LogP contribution is -2.15. The van der Waals surface area contributed by atoms with Crippen LogP contribution in [0.1, 0.15) is 67.4 Å². The van der Waals surface area contributed by atoms with Crippen LogP contribution in [0.3, 0.4) is 0 Å². The fourth-order valence-corrected chi connectivity index (χ4v) is 4.44. The predicted molar refractivity (Wildman–Crippen MR) is 106 cm³/mol. The summed E-state index contributed by atoms with van der Waals surface area (Å²) < 4.78 is 0. The molecule has 1 aliphatic rings. The molecule has 1 fully saturated rings. The molecule has 0 saturated heterocycles. The van der Waals surface area contributed by atoms with Gasteiger partial charge in [-0.3, -0.25) is 9.59 Å². The van der Waals surface area contributed by atoms with E-state index >= 15 is 0 Å². The van der Waals surface area contributed by atoms with Crippen molar-refractivity contribution in [1.82, 2.24) is 9.97 Å². The number of carbonyl (C=O) groups excluding carboxylic acids is 1. The second-order valence-electron chi connectivity index (χ2n) is 7.19. The molecule has 0 amide bonds. The summed E-state index contributed by atoms with van der Waals surface area (Å²) in [6, 6.07) is 10.8. The van der Waals surface area contributed by atoms with Gasteiger partial charge in [-0.15, -0.1) is 0 Å². The molecular weight excluding hydrogens is 344 g/mol. The third-order valence-electron chi connectivity index (χ3n) is 5.09. The Bertz CT molecular complexity index is 782. The van der Waals surface area contributed by atoms with Crippen molar-refractivity contribution in [1.29, 1.82) is 0 Å². The lowest BCUT2D eigenvalue weighted by molar-refractivity contribution is 0.102. The number of carbonyl (C=O) groups is 1. The van der Waals surface area contributed by atoms with Crippen LogP contribution in [0, 0.1) is 5.92 Å². The number of ketones is 1. The Morgan fingerprint density at radius 3 is 2.69 bits per heavy atom. The number of rotatable bonds is 7. The topological polar surface area (TPSA) is 62.8 Å². The molecule has 1 aromatic heterocycles. The highest BCUT2D eigenvalue weighted by molar-refractivity contribution is 7.99. The van der Waals surface area contributed by atoms with Crippen LogP contribution in [0.5, 0.6) is 0 Å². The molecule has 1 heterocycles. The summed E-state index contributed by atoms with van der Waals surface area (Å²) >= 11 is 1.30. The zero-order valence-corrected chi connectivity index (χ0v) is 16.1. The first-order valence-corrected chi connectivity index (χ1v) is 10.4. The average molecular weight is 371 g/mol. The van der Waals surface area contributed by atoms with Gasteiger partial charge in [-0.25, -0.2) is 4.98 Å². The van der Waals surface area contributed by atoms with E-state index in [1.807, 2.05) is 30.3 Å². The quantitative estimate of drug-likeness (QED) is 0.431. The van der Waals surface area contributed by atoms with E-state index in [1.165, 1.54) is 43.9 Å². The molecule has 1 N–H and O–H groups in total. The van der Waals surface area contributed by atoms with Gasteiger partial charge in [0.2, 0.25) is 0 Å². The van der Waals surface area contributed by atoms with Gasteiger partial charge in [0.1, 0.15) is 0 Å². The van der Waals surface area contributed by atoms with Crippen LogP contribution in [-0.2, 0) is 0 Å². The van der Waals surface area contributed by atoms with Crippen molar-refractivity contribution in [3.05, 3.63) is 58.0 Å². The summed E-state index contributed by atoms with van der Waals surface area (Å²) in [5.74, 6) is 1.33. The Balaban J connectivity index is 1.63. The van der Waals surface area contributed by atoms with Gasteiger partial charge in [0.05, 0.1) is 11.4 Å². The number of nitrogens with zero attached hydrogens (tertiary/aromatic N) is 1. The Morgan fingerprint density at radius 1 is 1.23 bits per heavy atom. The molecule has 0 radical (unpaired) electrons. The number of Topliss-reactive ketones (excluding diaryl/α,β-unsaturated/α-hetero) is 1. The Kier molecular flexibility index (Phi) is 6.67. The number of thioether (sulfide) groups is 1. The summed E-state index contributed by atoms with van der Waals surface area (Å²) in [4.78, 5) is 31.6. The molecule has 3 rings (SSSR count). The first-order valence-electron chi connectivity index (χ1n) is 9.44. The maximum atomic E-state index is 12.2. The number of benzene rings is 1. The van der Waals surface area contributed by atoms with Crippen LogP contribution in [0.2, 0.25) is 0 Å². The SMILES string of the molecule is CC(CC1CCCCC1)c1cc(=O)[nH]c(SCC(=O)c2ccccc2)n1. The number of nitrogens with one attached hydrogen (secondary N) is 1.